The number of likely N-dealkylation sites (N-methyl/N-ethyl adjacent to an activating group) is 1. The molecule has 0 atom stereocenters. The van der Waals surface area contributed by atoms with Gasteiger partial charge in [-0.2, -0.15) is 0 Å². The smallest absolute Gasteiger partial charge is 0.336 e. The van der Waals surface area contributed by atoms with Crippen LogP contribution in [0.2, 0.25) is 0 Å². The summed E-state index contributed by atoms with van der Waals surface area (Å²) in [6.07, 6.45) is 0. The average Bonchev–Trinajstić information content (AvgIpc) is 2.99. The number of thiophene rings is 1. The largest absolute Gasteiger partial charge is 0.423 e. The zero-order chi connectivity index (χ0) is 18.8. The number of hydrogen-bond donors (Lipinski definition) is 1. The number of halogens is 1. The van der Waals surface area contributed by atoms with Crippen LogP contribution in [0, 0.1) is 6.92 Å². The summed E-state index contributed by atoms with van der Waals surface area (Å²) in [5, 5.41) is 3.52. The van der Waals surface area contributed by atoms with Crippen molar-refractivity contribution in [1.82, 2.24) is 4.90 Å². The number of nitrogens with one attached hydrogen (secondary N) is 1. The second-order valence-electron chi connectivity index (χ2n) is 5.77. The molecule has 26 heavy (non-hydrogen) atoms. The molecule has 6 nitrogen and oxygen atoms in total. The van der Waals surface area contributed by atoms with Gasteiger partial charge in [-0.05, 0) is 52.7 Å². The lowest BCUT2D eigenvalue weighted by molar-refractivity contribution is -0.116. The van der Waals surface area contributed by atoms with Crippen LogP contribution in [0.25, 0.3) is 11.0 Å². The van der Waals surface area contributed by atoms with Crippen molar-refractivity contribution in [2.45, 2.75) is 6.92 Å². The maximum Gasteiger partial charge on any atom is 0.336 e. The minimum atomic E-state index is -0.439. The number of carbonyl (C=O) groups is 2. The third-order valence-corrected chi connectivity index (χ3v) is 5.36. The summed E-state index contributed by atoms with van der Waals surface area (Å²) in [4.78, 5) is 37.9. The molecule has 134 valence electrons. The quantitative estimate of drug-likeness (QED) is 0.635. The van der Waals surface area contributed by atoms with Gasteiger partial charge in [-0.3, -0.25) is 9.59 Å². The standard InChI is InChI=1S/C18H15BrN2O4S/c1-10-7-17(23)25-13-8-11(3-4-12(10)13)20-16(22)9-21(2)18(24)14-5-6-15(19)26-14/h3-8H,9H2,1-2H3,(H,20,22). The van der Waals surface area contributed by atoms with Crippen molar-refractivity contribution in [2.24, 2.45) is 0 Å². The van der Waals surface area contributed by atoms with E-state index in [9.17, 15) is 14.4 Å². The van der Waals surface area contributed by atoms with E-state index < -0.39 is 5.63 Å². The van der Waals surface area contributed by atoms with Gasteiger partial charge in [0, 0.05) is 30.3 Å². The summed E-state index contributed by atoms with van der Waals surface area (Å²) in [7, 11) is 1.57. The number of rotatable bonds is 4. The fourth-order valence-corrected chi connectivity index (χ4v) is 3.89. The molecule has 3 rings (SSSR count). The van der Waals surface area contributed by atoms with Gasteiger partial charge in [-0.1, -0.05) is 0 Å². The first-order valence-corrected chi connectivity index (χ1v) is 9.29. The van der Waals surface area contributed by atoms with Crippen LogP contribution in [0.4, 0.5) is 5.69 Å². The molecule has 1 aromatic carbocycles. The predicted molar refractivity (Wildman–Crippen MR) is 105 cm³/mol. The highest BCUT2D eigenvalue weighted by Crippen LogP contribution is 2.23. The Hall–Kier alpha value is -2.45. The Balaban J connectivity index is 1.70. The number of benzene rings is 1. The fraction of sp³-hybridized carbons (Fsp3) is 0.167. The SMILES string of the molecule is Cc1cc(=O)oc2cc(NC(=O)CN(C)C(=O)c3ccc(Br)s3)ccc12. The molecule has 0 aliphatic carbocycles. The van der Waals surface area contributed by atoms with Gasteiger partial charge in [0.25, 0.3) is 5.91 Å². The van der Waals surface area contributed by atoms with Crippen LogP contribution in [0.5, 0.6) is 0 Å². The molecule has 1 N–H and O–H groups in total. The molecule has 0 saturated carbocycles. The predicted octanol–water partition coefficient (Wildman–Crippen LogP) is 3.64. The van der Waals surface area contributed by atoms with Gasteiger partial charge in [-0.25, -0.2) is 4.79 Å². The number of fused-ring (bicyclic) bond motifs is 1. The van der Waals surface area contributed by atoms with Gasteiger partial charge in [0.15, 0.2) is 0 Å². The lowest BCUT2D eigenvalue weighted by Gasteiger charge is -2.16. The number of nitrogens with zero attached hydrogens (tertiary/aromatic N) is 1. The summed E-state index contributed by atoms with van der Waals surface area (Å²) >= 11 is 4.62. The molecule has 0 spiro atoms. The van der Waals surface area contributed by atoms with Crippen LogP contribution < -0.4 is 10.9 Å². The minimum absolute atomic E-state index is 0.0931. The van der Waals surface area contributed by atoms with E-state index >= 15 is 0 Å². The van der Waals surface area contributed by atoms with Gasteiger partial charge in [0.05, 0.1) is 15.2 Å². The normalized spacial score (nSPS) is 10.7. The molecule has 0 unspecified atom stereocenters. The van der Waals surface area contributed by atoms with E-state index in [-0.39, 0.29) is 18.4 Å². The Morgan fingerprint density at radius 1 is 1.23 bits per heavy atom. The number of hydrogen-bond acceptors (Lipinski definition) is 5. The van der Waals surface area contributed by atoms with E-state index in [1.54, 1.807) is 37.4 Å². The van der Waals surface area contributed by atoms with Gasteiger partial charge >= 0.3 is 5.63 Å². The monoisotopic (exact) mass is 434 g/mol. The molecule has 2 amide bonds. The number of aryl methyl sites for hydroxylation is 1. The molecule has 8 heteroatoms. The Morgan fingerprint density at radius 3 is 2.69 bits per heavy atom. The van der Waals surface area contributed by atoms with Crippen molar-refractivity contribution in [3.05, 3.63) is 61.0 Å². The molecular weight excluding hydrogens is 420 g/mol. The first kappa shape index (κ1) is 18.3. The van der Waals surface area contributed by atoms with E-state index in [0.717, 1.165) is 14.7 Å². The lowest BCUT2D eigenvalue weighted by atomic mass is 10.1. The molecule has 0 fully saturated rings. The van der Waals surface area contributed by atoms with Crippen molar-refractivity contribution < 1.29 is 14.0 Å². The highest BCUT2D eigenvalue weighted by atomic mass is 79.9. The van der Waals surface area contributed by atoms with Crippen molar-refractivity contribution in [3.63, 3.8) is 0 Å². The minimum Gasteiger partial charge on any atom is -0.423 e. The molecule has 2 heterocycles. The second kappa shape index (κ2) is 7.43. The van der Waals surface area contributed by atoms with E-state index in [0.29, 0.717) is 16.1 Å². The maximum atomic E-state index is 12.3. The van der Waals surface area contributed by atoms with Crippen molar-refractivity contribution in [1.29, 1.82) is 0 Å². The first-order valence-electron chi connectivity index (χ1n) is 7.68. The molecule has 2 aromatic heterocycles. The third kappa shape index (κ3) is 4.03. The molecule has 3 aromatic rings. The maximum absolute atomic E-state index is 12.3. The van der Waals surface area contributed by atoms with Crippen LogP contribution in [0.1, 0.15) is 15.2 Å². The highest BCUT2D eigenvalue weighted by Gasteiger charge is 2.17. The lowest BCUT2D eigenvalue weighted by Crippen LogP contribution is -2.34. The van der Waals surface area contributed by atoms with Gasteiger partial charge in [-0.15, -0.1) is 11.3 Å². The Kier molecular flexibility index (Phi) is 5.24. The van der Waals surface area contributed by atoms with E-state index in [4.69, 9.17) is 4.42 Å². The van der Waals surface area contributed by atoms with E-state index in [2.05, 4.69) is 21.2 Å². The highest BCUT2D eigenvalue weighted by molar-refractivity contribution is 9.11. The average molecular weight is 435 g/mol. The summed E-state index contributed by atoms with van der Waals surface area (Å²) in [5.41, 5.74) is 1.27. The summed E-state index contributed by atoms with van der Waals surface area (Å²) < 4.78 is 6.02. The summed E-state index contributed by atoms with van der Waals surface area (Å²) in [5.74, 6) is -0.568. The van der Waals surface area contributed by atoms with Gasteiger partial charge in [0.2, 0.25) is 5.91 Å². The van der Waals surface area contributed by atoms with Crippen LogP contribution in [-0.2, 0) is 4.79 Å². The molecule has 0 radical (unpaired) electrons. The van der Waals surface area contributed by atoms with Crippen LogP contribution in [0.3, 0.4) is 0 Å². The van der Waals surface area contributed by atoms with Gasteiger partial charge < -0.3 is 14.6 Å². The summed E-state index contributed by atoms with van der Waals surface area (Å²) in [6, 6.07) is 10.0. The Bertz CT molecular complexity index is 1060. The zero-order valence-corrected chi connectivity index (χ0v) is 16.4. The second-order valence-corrected chi connectivity index (χ2v) is 8.24. The fourth-order valence-electron chi connectivity index (χ4n) is 2.51. The molecular formula is C18H15BrN2O4S. The number of carbonyl (C=O) groups excluding carboxylic acids is 2. The number of anilines is 1. The zero-order valence-electron chi connectivity index (χ0n) is 14.0. The Labute approximate surface area is 161 Å². The molecule has 0 bridgehead atoms. The van der Waals surface area contributed by atoms with Crippen LogP contribution in [0.15, 0.2) is 49.4 Å². The van der Waals surface area contributed by atoms with E-state index in [1.807, 2.05) is 6.92 Å². The van der Waals surface area contributed by atoms with Crippen molar-refractivity contribution in [3.8, 4) is 0 Å². The third-order valence-electron chi connectivity index (χ3n) is 3.75. The molecule has 0 aliphatic heterocycles. The van der Waals surface area contributed by atoms with Gasteiger partial charge in [0.1, 0.15) is 5.58 Å². The first-order chi connectivity index (χ1) is 12.3. The molecule has 0 saturated heterocycles. The number of amides is 2. The van der Waals surface area contributed by atoms with Crippen LogP contribution >= 0.6 is 27.3 Å². The van der Waals surface area contributed by atoms with Crippen molar-refractivity contribution in [2.75, 3.05) is 18.9 Å². The van der Waals surface area contributed by atoms with Crippen LogP contribution in [-0.4, -0.2) is 30.3 Å². The summed E-state index contributed by atoms with van der Waals surface area (Å²) in [6.45, 7) is 1.73. The van der Waals surface area contributed by atoms with Crippen molar-refractivity contribution >= 4 is 55.7 Å². The Morgan fingerprint density at radius 2 is 2.00 bits per heavy atom. The molecule has 0 aliphatic rings. The topological polar surface area (TPSA) is 79.6 Å². The van der Waals surface area contributed by atoms with E-state index in [1.165, 1.54) is 22.3 Å².